The molecule has 0 saturated heterocycles. The molecule has 2 bridgehead atoms. The van der Waals surface area contributed by atoms with Gasteiger partial charge in [-0.3, -0.25) is 0 Å². The Morgan fingerprint density at radius 1 is 1.12 bits per heavy atom. The number of hydrogen-bond donors (Lipinski definition) is 1. The molecule has 3 rings (SSSR count). The van der Waals surface area contributed by atoms with Crippen LogP contribution in [0.2, 0.25) is 0 Å². The molecule has 2 saturated carbocycles. The van der Waals surface area contributed by atoms with Crippen LogP contribution in [0.3, 0.4) is 0 Å². The fourth-order valence-electron chi connectivity index (χ4n) is 3.43. The summed E-state index contributed by atoms with van der Waals surface area (Å²) in [5.41, 5.74) is 0.176. The van der Waals surface area contributed by atoms with Crippen molar-refractivity contribution in [3.8, 4) is 0 Å². The fraction of sp³-hybridized carbons (Fsp3) is 0.571. The number of benzene rings is 1. The summed E-state index contributed by atoms with van der Waals surface area (Å²) in [6.07, 6.45) is 5.11. The van der Waals surface area contributed by atoms with E-state index in [-0.39, 0.29) is 5.56 Å². The van der Waals surface area contributed by atoms with Gasteiger partial charge in [-0.25, -0.2) is 8.78 Å². The average molecular weight is 237 g/mol. The average Bonchev–Trinajstić information content (AvgIpc) is 2.90. The second kappa shape index (κ2) is 4.37. The molecular formula is C14H17F2N. The van der Waals surface area contributed by atoms with Crippen LogP contribution in [0.5, 0.6) is 0 Å². The molecule has 2 aliphatic rings. The molecule has 1 nitrogen and oxygen atoms in total. The van der Waals surface area contributed by atoms with Gasteiger partial charge in [0.25, 0.3) is 0 Å². The van der Waals surface area contributed by atoms with Gasteiger partial charge in [0, 0.05) is 18.2 Å². The van der Waals surface area contributed by atoms with Crippen LogP contribution >= 0.6 is 0 Å². The predicted octanol–water partition coefficient (Wildman–Crippen LogP) is 3.24. The van der Waals surface area contributed by atoms with Gasteiger partial charge in [0.1, 0.15) is 11.6 Å². The number of fused-ring (bicyclic) bond motifs is 2. The first-order valence-electron chi connectivity index (χ1n) is 6.40. The molecule has 0 aliphatic heterocycles. The van der Waals surface area contributed by atoms with E-state index < -0.39 is 11.6 Å². The van der Waals surface area contributed by atoms with E-state index in [0.717, 1.165) is 11.8 Å². The van der Waals surface area contributed by atoms with Gasteiger partial charge in [0.2, 0.25) is 0 Å². The number of hydrogen-bond acceptors (Lipinski definition) is 1. The summed E-state index contributed by atoms with van der Waals surface area (Å²) in [5.74, 6) is 0.694. The van der Waals surface area contributed by atoms with E-state index in [9.17, 15) is 8.78 Å². The van der Waals surface area contributed by atoms with E-state index in [4.69, 9.17) is 0 Å². The molecule has 1 aromatic carbocycles. The minimum atomic E-state index is -0.444. The normalized spacial score (nSPS) is 31.1. The molecular weight excluding hydrogens is 220 g/mol. The lowest BCUT2D eigenvalue weighted by atomic mass is 9.95. The summed E-state index contributed by atoms with van der Waals surface area (Å²) in [4.78, 5) is 0. The van der Waals surface area contributed by atoms with E-state index >= 15 is 0 Å². The molecule has 3 unspecified atom stereocenters. The van der Waals surface area contributed by atoms with Gasteiger partial charge in [-0.2, -0.15) is 0 Å². The number of halogens is 2. The van der Waals surface area contributed by atoms with Crippen LogP contribution in [0.25, 0.3) is 0 Å². The first kappa shape index (κ1) is 11.1. The van der Waals surface area contributed by atoms with E-state index in [1.54, 1.807) is 0 Å². The Kier molecular flexibility index (Phi) is 2.87. The zero-order chi connectivity index (χ0) is 11.8. The van der Waals surface area contributed by atoms with E-state index in [1.807, 2.05) is 0 Å². The molecule has 2 aliphatic carbocycles. The summed E-state index contributed by atoms with van der Waals surface area (Å²) in [5, 5.41) is 3.33. The van der Waals surface area contributed by atoms with Crippen LogP contribution in [0.4, 0.5) is 8.78 Å². The van der Waals surface area contributed by atoms with E-state index in [0.29, 0.717) is 12.6 Å². The smallest absolute Gasteiger partial charge is 0.130 e. The Morgan fingerprint density at radius 2 is 1.88 bits per heavy atom. The standard InChI is InChI=1S/C14H17F2N/c15-12-2-1-3-13(16)11(12)8-17-14-7-9-4-5-10(14)6-9/h1-3,9-10,14,17H,4-8H2. The Morgan fingerprint density at radius 3 is 2.47 bits per heavy atom. The van der Waals surface area contributed by atoms with Crippen LogP contribution in [0.1, 0.15) is 31.2 Å². The Hall–Kier alpha value is -0.960. The Balaban J connectivity index is 1.64. The molecule has 0 aromatic heterocycles. The molecule has 1 N–H and O–H groups in total. The zero-order valence-electron chi connectivity index (χ0n) is 9.76. The summed E-state index contributed by atoms with van der Waals surface area (Å²) in [7, 11) is 0. The van der Waals surface area contributed by atoms with Gasteiger partial charge in [0.05, 0.1) is 0 Å². The van der Waals surface area contributed by atoms with Crippen LogP contribution in [0, 0.1) is 23.5 Å². The maximum Gasteiger partial charge on any atom is 0.130 e. The highest BCUT2D eigenvalue weighted by Crippen LogP contribution is 2.44. The Labute approximate surface area is 100 Å². The summed E-state index contributed by atoms with van der Waals surface area (Å²) in [6, 6.07) is 4.51. The molecule has 2 fully saturated rings. The lowest BCUT2D eigenvalue weighted by Gasteiger charge is -2.23. The predicted molar refractivity (Wildman–Crippen MR) is 62.4 cm³/mol. The molecule has 0 radical (unpaired) electrons. The monoisotopic (exact) mass is 237 g/mol. The van der Waals surface area contributed by atoms with E-state index in [1.165, 1.54) is 43.9 Å². The maximum absolute atomic E-state index is 13.4. The summed E-state index contributed by atoms with van der Waals surface area (Å²) in [6.45, 7) is 0.312. The van der Waals surface area contributed by atoms with Crippen molar-refractivity contribution in [3.63, 3.8) is 0 Å². The molecule has 0 heterocycles. The Bertz CT molecular complexity index is 398. The molecule has 0 spiro atoms. The fourth-order valence-corrected chi connectivity index (χ4v) is 3.43. The largest absolute Gasteiger partial charge is 0.309 e. The summed E-state index contributed by atoms with van der Waals surface area (Å²) >= 11 is 0. The maximum atomic E-state index is 13.4. The summed E-state index contributed by atoms with van der Waals surface area (Å²) < 4.78 is 26.9. The van der Waals surface area contributed by atoms with Crippen molar-refractivity contribution < 1.29 is 8.78 Å². The van der Waals surface area contributed by atoms with Gasteiger partial charge in [-0.1, -0.05) is 12.5 Å². The number of rotatable bonds is 3. The van der Waals surface area contributed by atoms with Gasteiger partial charge < -0.3 is 5.32 Å². The van der Waals surface area contributed by atoms with Gasteiger partial charge in [-0.05, 0) is 43.2 Å². The van der Waals surface area contributed by atoms with Crippen molar-refractivity contribution in [1.29, 1.82) is 0 Å². The SMILES string of the molecule is Fc1cccc(F)c1CNC1CC2CCC1C2. The van der Waals surface area contributed by atoms with Crippen molar-refractivity contribution in [3.05, 3.63) is 35.4 Å². The van der Waals surface area contributed by atoms with Crippen LogP contribution < -0.4 is 5.32 Å². The topological polar surface area (TPSA) is 12.0 Å². The second-order valence-corrected chi connectivity index (χ2v) is 5.36. The first-order valence-corrected chi connectivity index (χ1v) is 6.40. The van der Waals surface area contributed by atoms with E-state index in [2.05, 4.69) is 5.32 Å². The molecule has 0 amide bonds. The van der Waals surface area contributed by atoms with Gasteiger partial charge >= 0.3 is 0 Å². The highest BCUT2D eigenvalue weighted by Gasteiger charge is 2.39. The minimum Gasteiger partial charge on any atom is -0.309 e. The van der Waals surface area contributed by atoms with Crippen LogP contribution in [-0.2, 0) is 6.54 Å². The third-order valence-corrected chi connectivity index (χ3v) is 4.34. The van der Waals surface area contributed by atoms with Gasteiger partial charge in [0.15, 0.2) is 0 Å². The zero-order valence-corrected chi connectivity index (χ0v) is 9.76. The number of nitrogens with one attached hydrogen (secondary N) is 1. The third-order valence-electron chi connectivity index (χ3n) is 4.34. The quantitative estimate of drug-likeness (QED) is 0.851. The minimum absolute atomic E-state index is 0.176. The molecule has 92 valence electrons. The van der Waals surface area contributed by atoms with Crippen molar-refractivity contribution >= 4 is 0 Å². The van der Waals surface area contributed by atoms with Crippen LogP contribution in [-0.4, -0.2) is 6.04 Å². The lowest BCUT2D eigenvalue weighted by Crippen LogP contribution is -2.33. The molecule has 3 atom stereocenters. The van der Waals surface area contributed by atoms with Gasteiger partial charge in [-0.15, -0.1) is 0 Å². The highest BCUT2D eigenvalue weighted by atomic mass is 19.1. The lowest BCUT2D eigenvalue weighted by molar-refractivity contribution is 0.346. The van der Waals surface area contributed by atoms with Crippen molar-refractivity contribution in [1.82, 2.24) is 5.32 Å². The van der Waals surface area contributed by atoms with Crippen molar-refractivity contribution in [2.75, 3.05) is 0 Å². The van der Waals surface area contributed by atoms with Crippen molar-refractivity contribution in [2.45, 2.75) is 38.3 Å². The third kappa shape index (κ3) is 2.08. The molecule has 1 aromatic rings. The molecule has 3 heteroatoms. The molecule has 17 heavy (non-hydrogen) atoms. The second-order valence-electron chi connectivity index (χ2n) is 5.36. The van der Waals surface area contributed by atoms with Crippen molar-refractivity contribution in [2.24, 2.45) is 11.8 Å². The first-order chi connectivity index (χ1) is 8.24. The highest BCUT2D eigenvalue weighted by molar-refractivity contribution is 5.19. The van der Waals surface area contributed by atoms with Crippen LogP contribution in [0.15, 0.2) is 18.2 Å².